The highest BCUT2D eigenvalue weighted by molar-refractivity contribution is 6.03. The number of rotatable bonds is 5. The molecule has 2 heterocycles. The van der Waals surface area contributed by atoms with Crippen LogP contribution in [0.1, 0.15) is 45.7 Å². The quantitative estimate of drug-likeness (QED) is 0.516. The molecule has 0 aliphatic carbocycles. The van der Waals surface area contributed by atoms with Gasteiger partial charge in [0, 0.05) is 18.2 Å². The minimum Gasteiger partial charge on any atom is -0.493 e. The summed E-state index contributed by atoms with van der Waals surface area (Å²) in [5.41, 5.74) is 2.86. The van der Waals surface area contributed by atoms with Gasteiger partial charge < -0.3 is 20.1 Å². The molecule has 0 radical (unpaired) electrons. The topological polar surface area (TPSA) is 77.4 Å². The molecular weight excluding hydrogens is 449 g/mol. The van der Waals surface area contributed by atoms with E-state index in [2.05, 4.69) is 15.7 Å². The number of benzene rings is 2. The molecule has 10 heteroatoms. The van der Waals surface area contributed by atoms with Crippen molar-refractivity contribution in [2.45, 2.75) is 38.5 Å². The number of hydrogen-bond donors (Lipinski definition) is 2. The van der Waals surface area contributed by atoms with E-state index in [9.17, 15) is 18.0 Å². The first kappa shape index (κ1) is 23.5. The number of fused-ring (bicyclic) bond motifs is 1. The summed E-state index contributed by atoms with van der Waals surface area (Å²) in [5, 5.41) is 9.85. The molecule has 0 fully saturated rings. The van der Waals surface area contributed by atoms with Crippen LogP contribution in [0.2, 0.25) is 0 Å². The molecular formula is C24H25F3N4O3. The van der Waals surface area contributed by atoms with Crippen molar-refractivity contribution < 1.29 is 27.4 Å². The molecule has 3 aromatic rings. The van der Waals surface area contributed by atoms with Crippen LogP contribution in [0, 0.1) is 13.8 Å². The van der Waals surface area contributed by atoms with Crippen LogP contribution in [0.4, 0.5) is 24.7 Å². The van der Waals surface area contributed by atoms with Crippen molar-refractivity contribution in [1.29, 1.82) is 0 Å². The second kappa shape index (κ2) is 8.92. The third-order valence-corrected chi connectivity index (χ3v) is 5.87. The second-order valence-corrected chi connectivity index (χ2v) is 8.24. The maximum atomic E-state index is 14.0. The first-order chi connectivity index (χ1) is 16.1. The van der Waals surface area contributed by atoms with Crippen molar-refractivity contribution in [2.75, 3.05) is 24.9 Å². The number of ether oxygens (including phenoxy) is 2. The predicted octanol–water partition coefficient (Wildman–Crippen LogP) is 5.43. The van der Waals surface area contributed by atoms with Crippen molar-refractivity contribution in [1.82, 2.24) is 9.78 Å². The maximum absolute atomic E-state index is 14.0. The van der Waals surface area contributed by atoms with E-state index in [0.717, 1.165) is 15.8 Å². The monoisotopic (exact) mass is 474 g/mol. The molecule has 2 atom stereocenters. The van der Waals surface area contributed by atoms with Gasteiger partial charge in [0.15, 0.2) is 23.2 Å². The fourth-order valence-corrected chi connectivity index (χ4v) is 4.03. The summed E-state index contributed by atoms with van der Waals surface area (Å²) < 4.78 is 53.3. The Morgan fingerprint density at radius 3 is 2.50 bits per heavy atom. The molecule has 1 amide bonds. The number of nitrogens with one attached hydrogen (secondary N) is 2. The van der Waals surface area contributed by atoms with Gasteiger partial charge in [-0.25, -0.2) is 4.68 Å². The van der Waals surface area contributed by atoms with E-state index in [4.69, 9.17) is 9.47 Å². The number of alkyl halides is 3. The van der Waals surface area contributed by atoms with Crippen molar-refractivity contribution in [3.63, 3.8) is 0 Å². The first-order valence-corrected chi connectivity index (χ1v) is 10.6. The van der Waals surface area contributed by atoms with E-state index < -0.39 is 24.2 Å². The lowest BCUT2D eigenvalue weighted by atomic mass is 9.96. The molecule has 0 saturated heterocycles. The summed E-state index contributed by atoms with van der Waals surface area (Å²) in [4.78, 5) is 12.8. The van der Waals surface area contributed by atoms with E-state index in [1.165, 1.54) is 20.3 Å². The van der Waals surface area contributed by atoms with Gasteiger partial charge in [-0.3, -0.25) is 4.79 Å². The number of methoxy groups -OCH3 is 2. The zero-order chi connectivity index (χ0) is 24.6. The minimum absolute atomic E-state index is 0.106. The van der Waals surface area contributed by atoms with Gasteiger partial charge in [0.05, 0.1) is 20.3 Å². The van der Waals surface area contributed by atoms with E-state index in [1.54, 1.807) is 24.3 Å². The fraction of sp³-hybridized carbons (Fsp3) is 0.333. The van der Waals surface area contributed by atoms with E-state index in [-0.39, 0.29) is 17.9 Å². The Hall–Kier alpha value is -3.69. The number of hydrogen-bond acceptors (Lipinski definition) is 5. The second-order valence-electron chi connectivity index (χ2n) is 8.24. The Morgan fingerprint density at radius 2 is 1.82 bits per heavy atom. The van der Waals surface area contributed by atoms with Crippen molar-refractivity contribution >= 4 is 17.4 Å². The average molecular weight is 474 g/mol. The van der Waals surface area contributed by atoms with Gasteiger partial charge in [0.25, 0.3) is 5.91 Å². The average Bonchev–Trinajstić information content (AvgIpc) is 3.24. The third-order valence-electron chi connectivity index (χ3n) is 5.87. The van der Waals surface area contributed by atoms with Gasteiger partial charge in [-0.2, -0.15) is 18.3 Å². The van der Waals surface area contributed by atoms with Gasteiger partial charge >= 0.3 is 6.18 Å². The van der Waals surface area contributed by atoms with Crippen LogP contribution in [-0.4, -0.2) is 36.1 Å². The number of aryl methyl sites for hydroxylation is 2. The van der Waals surface area contributed by atoms with E-state index >= 15 is 0 Å². The van der Waals surface area contributed by atoms with Crippen molar-refractivity contribution in [3.05, 3.63) is 64.8 Å². The summed E-state index contributed by atoms with van der Waals surface area (Å²) in [5.74, 6) is 0.420. The van der Waals surface area contributed by atoms with Crippen molar-refractivity contribution in [3.8, 4) is 11.5 Å². The van der Waals surface area contributed by atoms with Gasteiger partial charge in [-0.15, -0.1) is 0 Å². The Morgan fingerprint density at radius 1 is 1.09 bits per heavy atom. The lowest BCUT2D eigenvalue weighted by molar-refractivity contribution is -0.173. The summed E-state index contributed by atoms with van der Waals surface area (Å²) in [6, 6.07) is 9.31. The Bertz CT molecular complexity index is 1220. The van der Waals surface area contributed by atoms with Crippen LogP contribution in [-0.2, 0) is 0 Å². The summed E-state index contributed by atoms with van der Waals surface area (Å²) in [7, 11) is 2.95. The van der Waals surface area contributed by atoms with Gasteiger partial charge in [-0.1, -0.05) is 18.2 Å². The number of nitrogens with zero attached hydrogens (tertiary/aromatic N) is 2. The zero-order valence-electron chi connectivity index (χ0n) is 19.2. The molecule has 1 aromatic heterocycles. The molecule has 2 N–H and O–H groups in total. The minimum atomic E-state index is -4.56. The number of carbonyl (C=O) groups excluding carboxylic acids is 1. The lowest BCUT2D eigenvalue weighted by Crippen LogP contribution is -2.35. The highest BCUT2D eigenvalue weighted by Crippen LogP contribution is 2.44. The molecule has 34 heavy (non-hydrogen) atoms. The SMILES string of the molecule is COc1ccc([C@@H]2C[C@@H](C(F)(F)F)n3nc(C(=O)Nc4cc(C)ccc4C)cc3N2)cc1OC. The number of anilines is 2. The lowest BCUT2D eigenvalue weighted by Gasteiger charge is -2.33. The van der Waals surface area contributed by atoms with Gasteiger partial charge in [-0.05, 0) is 48.7 Å². The van der Waals surface area contributed by atoms with Crippen LogP contribution in [0.3, 0.4) is 0 Å². The number of aromatic nitrogens is 2. The Balaban J connectivity index is 1.66. The number of amides is 1. The van der Waals surface area contributed by atoms with Crippen LogP contribution < -0.4 is 20.1 Å². The molecule has 1 aliphatic rings. The highest BCUT2D eigenvalue weighted by Gasteiger charge is 2.47. The maximum Gasteiger partial charge on any atom is 0.410 e. The van der Waals surface area contributed by atoms with Crippen molar-refractivity contribution in [2.24, 2.45) is 0 Å². The number of halogens is 3. The summed E-state index contributed by atoms with van der Waals surface area (Å²) >= 11 is 0. The number of carbonyl (C=O) groups is 1. The molecule has 0 bridgehead atoms. The molecule has 1 aliphatic heterocycles. The van der Waals surface area contributed by atoms with Crippen LogP contribution in [0.5, 0.6) is 11.5 Å². The van der Waals surface area contributed by atoms with Gasteiger partial charge in [0.1, 0.15) is 5.82 Å². The summed E-state index contributed by atoms with van der Waals surface area (Å²) in [6.07, 6.45) is -4.86. The molecule has 4 rings (SSSR count). The zero-order valence-corrected chi connectivity index (χ0v) is 19.2. The third kappa shape index (κ3) is 4.52. The van der Waals surface area contributed by atoms with E-state index in [0.29, 0.717) is 22.7 Å². The molecule has 0 spiro atoms. The molecule has 2 aromatic carbocycles. The normalized spacial score (nSPS) is 17.5. The highest BCUT2D eigenvalue weighted by atomic mass is 19.4. The standard InChI is InChI=1S/C24H25F3N4O3/c1-13-5-6-14(2)16(9-13)29-23(32)18-12-22-28-17(11-21(24(25,26)27)31(22)30-18)15-7-8-19(33-3)20(10-15)34-4/h5-10,12,17,21,28H,11H2,1-4H3,(H,29,32)/t17-,21-/m0/s1. The predicted molar refractivity (Wildman–Crippen MR) is 122 cm³/mol. The van der Waals surface area contributed by atoms with Gasteiger partial charge in [0.2, 0.25) is 0 Å². The van der Waals surface area contributed by atoms with Crippen LogP contribution >= 0.6 is 0 Å². The van der Waals surface area contributed by atoms with E-state index in [1.807, 2.05) is 26.0 Å². The Labute approximate surface area is 194 Å². The molecule has 180 valence electrons. The largest absolute Gasteiger partial charge is 0.493 e. The molecule has 7 nitrogen and oxygen atoms in total. The fourth-order valence-electron chi connectivity index (χ4n) is 4.03. The Kier molecular flexibility index (Phi) is 6.16. The molecule has 0 saturated carbocycles. The molecule has 0 unspecified atom stereocenters. The smallest absolute Gasteiger partial charge is 0.410 e. The first-order valence-electron chi connectivity index (χ1n) is 10.6. The van der Waals surface area contributed by atoms with Crippen LogP contribution in [0.25, 0.3) is 0 Å². The van der Waals surface area contributed by atoms with Crippen LogP contribution in [0.15, 0.2) is 42.5 Å². The summed E-state index contributed by atoms with van der Waals surface area (Å²) in [6.45, 7) is 3.72.